The van der Waals surface area contributed by atoms with Gasteiger partial charge in [0.05, 0.1) is 10.8 Å². The molecule has 2 aromatic rings. The van der Waals surface area contributed by atoms with E-state index in [1.807, 2.05) is 12.1 Å². The third-order valence-electron chi connectivity index (χ3n) is 2.55. The number of rotatable bonds is 5. The number of nitrogens with zero attached hydrogens (tertiary/aromatic N) is 3. The van der Waals surface area contributed by atoms with Crippen molar-refractivity contribution in [1.29, 1.82) is 0 Å². The van der Waals surface area contributed by atoms with Crippen LogP contribution in [0.1, 0.15) is 5.56 Å². The van der Waals surface area contributed by atoms with E-state index < -0.39 is 10.8 Å². The Balaban J connectivity index is 1.91. The average molecular weight is 313 g/mol. The van der Waals surface area contributed by atoms with Crippen molar-refractivity contribution in [3.8, 4) is 0 Å². The van der Waals surface area contributed by atoms with Gasteiger partial charge < -0.3 is 5.32 Å². The second kappa shape index (κ2) is 6.62. The molecule has 106 valence electrons. The van der Waals surface area contributed by atoms with Crippen LogP contribution < -0.4 is 5.32 Å². The van der Waals surface area contributed by atoms with Gasteiger partial charge in [0.15, 0.2) is 0 Å². The maximum Gasteiger partial charge on any atom is 0.240 e. The average Bonchev–Trinajstić information content (AvgIpc) is 2.86. The standard InChI is InChI=1S/C12H13ClN4O2S/c1-20(19)12-16-15-8-17(12)7-11(18)14-6-9-2-4-10(13)5-3-9/h2-5,8H,6-7H2,1H3,(H,14,18)/t20-/m1/s1. The van der Waals surface area contributed by atoms with Crippen molar-refractivity contribution in [3.63, 3.8) is 0 Å². The molecule has 8 heteroatoms. The molecule has 1 heterocycles. The van der Waals surface area contributed by atoms with Crippen LogP contribution in [0.5, 0.6) is 0 Å². The second-order valence-electron chi connectivity index (χ2n) is 4.10. The quantitative estimate of drug-likeness (QED) is 0.893. The summed E-state index contributed by atoms with van der Waals surface area (Å²) in [4.78, 5) is 11.8. The van der Waals surface area contributed by atoms with Crippen LogP contribution in [0.25, 0.3) is 0 Å². The summed E-state index contributed by atoms with van der Waals surface area (Å²) >= 11 is 5.78. The fourth-order valence-electron chi connectivity index (χ4n) is 1.59. The van der Waals surface area contributed by atoms with Gasteiger partial charge in [-0.25, -0.2) is 0 Å². The molecule has 6 nitrogen and oxygen atoms in total. The Bertz CT molecular complexity index is 627. The van der Waals surface area contributed by atoms with Gasteiger partial charge >= 0.3 is 0 Å². The summed E-state index contributed by atoms with van der Waals surface area (Å²) in [5.74, 6) is -0.202. The minimum absolute atomic E-state index is 0.0372. The molecule has 0 saturated heterocycles. The summed E-state index contributed by atoms with van der Waals surface area (Å²) in [7, 11) is -1.27. The van der Waals surface area contributed by atoms with Crippen molar-refractivity contribution in [3.05, 3.63) is 41.2 Å². The first-order valence-electron chi connectivity index (χ1n) is 5.78. The lowest BCUT2D eigenvalue weighted by atomic mass is 10.2. The van der Waals surface area contributed by atoms with Gasteiger partial charge in [-0.05, 0) is 17.7 Å². The van der Waals surface area contributed by atoms with Crippen molar-refractivity contribution in [2.24, 2.45) is 0 Å². The first kappa shape index (κ1) is 14.7. The highest BCUT2D eigenvalue weighted by Crippen LogP contribution is 2.09. The lowest BCUT2D eigenvalue weighted by Crippen LogP contribution is -2.27. The smallest absolute Gasteiger partial charge is 0.240 e. The third-order valence-corrected chi connectivity index (χ3v) is 3.64. The molecular formula is C12H13ClN4O2S. The number of amides is 1. The molecule has 20 heavy (non-hydrogen) atoms. The molecule has 0 fully saturated rings. The number of hydrogen-bond acceptors (Lipinski definition) is 4. The molecule has 1 amide bonds. The molecule has 0 bridgehead atoms. The van der Waals surface area contributed by atoms with Crippen LogP contribution >= 0.6 is 11.6 Å². The van der Waals surface area contributed by atoms with E-state index in [0.717, 1.165) is 5.56 Å². The van der Waals surface area contributed by atoms with E-state index in [2.05, 4.69) is 15.5 Å². The van der Waals surface area contributed by atoms with Gasteiger partial charge in [-0.3, -0.25) is 13.6 Å². The number of nitrogens with one attached hydrogen (secondary N) is 1. The molecule has 0 aliphatic heterocycles. The Morgan fingerprint density at radius 3 is 2.75 bits per heavy atom. The summed E-state index contributed by atoms with van der Waals surface area (Å²) in [6, 6.07) is 7.21. The Morgan fingerprint density at radius 1 is 1.40 bits per heavy atom. The molecule has 1 aromatic carbocycles. The van der Waals surface area contributed by atoms with Gasteiger partial charge in [0, 0.05) is 17.8 Å². The number of aromatic nitrogens is 3. The molecule has 1 N–H and O–H groups in total. The highest BCUT2D eigenvalue weighted by Gasteiger charge is 2.11. The summed E-state index contributed by atoms with van der Waals surface area (Å²) in [6.45, 7) is 0.443. The highest BCUT2D eigenvalue weighted by molar-refractivity contribution is 7.84. The molecule has 0 radical (unpaired) electrons. The number of carbonyl (C=O) groups excluding carboxylic acids is 1. The van der Waals surface area contributed by atoms with E-state index in [1.54, 1.807) is 12.1 Å². The van der Waals surface area contributed by atoms with Crippen LogP contribution in [-0.2, 0) is 28.7 Å². The van der Waals surface area contributed by atoms with E-state index in [9.17, 15) is 9.00 Å². The Kier molecular flexibility index (Phi) is 4.86. The first-order valence-corrected chi connectivity index (χ1v) is 7.72. The zero-order valence-electron chi connectivity index (χ0n) is 10.7. The molecule has 2 rings (SSSR count). The third kappa shape index (κ3) is 3.88. The molecule has 0 spiro atoms. The fourth-order valence-corrected chi connectivity index (χ4v) is 2.32. The zero-order chi connectivity index (χ0) is 14.5. The van der Waals surface area contributed by atoms with Crippen LogP contribution in [-0.4, -0.2) is 31.1 Å². The monoisotopic (exact) mass is 312 g/mol. The molecule has 1 atom stereocenters. The van der Waals surface area contributed by atoms with E-state index in [1.165, 1.54) is 17.2 Å². The van der Waals surface area contributed by atoms with Gasteiger partial charge in [-0.15, -0.1) is 10.2 Å². The summed E-state index contributed by atoms with van der Waals surface area (Å²) in [6.07, 6.45) is 2.88. The molecule has 0 aliphatic rings. The van der Waals surface area contributed by atoms with Crippen molar-refractivity contribution < 1.29 is 9.00 Å². The van der Waals surface area contributed by atoms with Gasteiger partial charge in [0.25, 0.3) is 0 Å². The number of benzene rings is 1. The number of halogens is 1. The second-order valence-corrected chi connectivity index (χ2v) is 5.81. The first-order chi connectivity index (χ1) is 9.56. The summed E-state index contributed by atoms with van der Waals surface area (Å²) in [5.41, 5.74) is 0.950. The van der Waals surface area contributed by atoms with Gasteiger partial charge in [-0.2, -0.15) is 0 Å². The number of hydrogen-bond donors (Lipinski definition) is 1. The predicted octanol–water partition coefficient (Wildman–Crippen LogP) is 0.985. The maximum absolute atomic E-state index is 11.8. The summed E-state index contributed by atoms with van der Waals surface area (Å²) < 4.78 is 12.8. The van der Waals surface area contributed by atoms with Crippen LogP contribution in [0.15, 0.2) is 35.7 Å². The predicted molar refractivity (Wildman–Crippen MR) is 75.7 cm³/mol. The Labute approximate surface area is 123 Å². The minimum atomic E-state index is -1.27. The van der Waals surface area contributed by atoms with E-state index >= 15 is 0 Å². The van der Waals surface area contributed by atoms with Crippen LogP contribution in [0, 0.1) is 0 Å². The van der Waals surface area contributed by atoms with E-state index in [-0.39, 0.29) is 17.6 Å². The fraction of sp³-hybridized carbons (Fsp3) is 0.250. The number of carbonyl (C=O) groups is 1. The van der Waals surface area contributed by atoms with Crippen LogP contribution in [0.4, 0.5) is 0 Å². The zero-order valence-corrected chi connectivity index (χ0v) is 12.3. The lowest BCUT2D eigenvalue weighted by Gasteiger charge is -2.07. The molecule has 0 saturated carbocycles. The highest BCUT2D eigenvalue weighted by atomic mass is 35.5. The summed E-state index contributed by atoms with van der Waals surface area (Å²) in [5, 5.41) is 11.1. The molecule has 0 unspecified atom stereocenters. The Morgan fingerprint density at radius 2 is 2.10 bits per heavy atom. The van der Waals surface area contributed by atoms with Gasteiger partial charge in [0.2, 0.25) is 11.1 Å². The van der Waals surface area contributed by atoms with E-state index in [0.29, 0.717) is 11.6 Å². The van der Waals surface area contributed by atoms with E-state index in [4.69, 9.17) is 11.6 Å². The normalized spacial score (nSPS) is 12.1. The largest absolute Gasteiger partial charge is 0.350 e. The molecular weight excluding hydrogens is 300 g/mol. The SMILES string of the molecule is C[S@@](=O)c1nncn1CC(=O)NCc1ccc(Cl)cc1. The maximum atomic E-state index is 11.8. The van der Waals surface area contributed by atoms with Crippen LogP contribution in [0.2, 0.25) is 5.02 Å². The minimum Gasteiger partial charge on any atom is -0.350 e. The van der Waals surface area contributed by atoms with Gasteiger partial charge in [-0.1, -0.05) is 23.7 Å². The van der Waals surface area contributed by atoms with Crippen LogP contribution in [0.3, 0.4) is 0 Å². The topological polar surface area (TPSA) is 76.9 Å². The van der Waals surface area contributed by atoms with Crippen molar-refractivity contribution >= 4 is 28.3 Å². The molecule has 1 aromatic heterocycles. The van der Waals surface area contributed by atoms with Crippen molar-refractivity contribution in [2.75, 3.05) is 6.26 Å². The van der Waals surface area contributed by atoms with Gasteiger partial charge in [0.1, 0.15) is 12.9 Å². The molecule has 0 aliphatic carbocycles. The van der Waals surface area contributed by atoms with Crippen molar-refractivity contribution in [2.45, 2.75) is 18.2 Å². The van der Waals surface area contributed by atoms with Crippen molar-refractivity contribution in [1.82, 2.24) is 20.1 Å². The Hall–Kier alpha value is -1.73. The lowest BCUT2D eigenvalue weighted by molar-refractivity contribution is -0.121.